The van der Waals surface area contributed by atoms with Gasteiger partial charge in [-0.2, -0.15) is 0 Å². The van der Waals surface area contributed by atoms with Gasteiger partial charge in [0.25, 0.3) is 0 Å². The summed E-state index contributed by atoms with van der Waals surface area (Å²) in [5.41, 5.74) is 0. The van der Waals surface area contributed by atoms with Crippen LogP contribution in [0.3, 0.4) is 0 Å². The Morgan fingerprint density at radius 2 is 2.44 bits per heavy atom. The molecular formula is C11H15N3O3S. The third kappa shape index (κ3) is 2.79. The number of anilines is 1. The number of likely N-dealkylation sites (N-methyl/N-ethyl adjacent to an activating group) is 1. The number of likely N-dealkylation sites (tertiary alicyclic amines) is 1. The van der Waals surface area contributed by atoms with Crippen LogP contribution in [0.4, 0.5) is 5.13 Å². The summed E-state index contributed by atoms with van der Waals surface area (Å²) in [7, 11) is 3.13. The van der Waals surface area contributed by atoms with Crippen LogP contribution in [-0.4, -0.2) is 48.5 Å². The average Bonchev–Trinajstić information content (AvgIpc) is 2.81. The van der Waals surface area contributed by atoms with Crippen LogP contribution in [0.15, 0.2) is 6.20 Å². The molecule has 2 rings (SSSR count). The Balaban J connectivity index is 1.95. The molecule has 0 bridgehead atoms. The van der Waals surface area contributed by atoms with Gasteiger partial charge >= 0.3 is 5.97 Å². The Morgan fingerprint density at radius 3 is 3.11 bits per heavy atom. The van der Waals surface area contributed by atoms with Crippen LogP contribution >= 0.6 is 11.3 Å². The summed E-state index contributed by atoms with van der Waals surface area (Å²) in [4.78, 5) is 28.9. The van der Waals surface area contributed by atoms with E-state index in [1.54, 1.807) is 11.9 Å². The zero-order chi connectivity index (χ0) is 13.1. The van der Waals surface area contributed by atoms with Crippen molar-refractivity contribution in [2.24, 2.45) is 0 Å². The number of nitrogens with zero attached hydrogens (tertiary/aromatic N) is 2. The second-order valence-electron chi connectivity index (χ2n) is 4.18. The summed E-state index contributed by atoms with van der Waals surface area (Å²) in [6.45, 7) is 0.659. The summed E-state index contributed by atoms with van der Waals surface area (Å²) in [5, 5.41) is 3.92. The first-order chi connectivity index (χ1) is 8.60. The summed E-state index contributed by atoms with van der Waals surface area (Å²) < 4.78 is 4.62. The molecule has 1 fully saturated rings. The molecule has 7 heteroatoms. The quantitative estimate of drug-likeness (QED) is 0.828. The van der Waals surface area contributed by atoms with E-state index in [1.807, 2.05) is 0 Å². The van der Waals surface area contributed by atoms with Crippen molar-refractivity contribution in [2.75, 3.05) is 26.0 Å². The summed E-state index contributed by atoms with van der Waals surface area (Å²) in [5.74, 6) is -0.209. The second kappa shape index (κ2) is 5.34. The number of aromatic nitrogens is 1. The molecule has 1 amide bonds. The van der Waals surface area contributed by atoms with Crippen LogP contribution in [0.25, 0.3) is 0 Å². The van der Waals surface area contributed by atoms with Crippen LogP contribution in [0.1, 0.15) is 22.5 Å². The number of rotatable bonds is 3. The monoisotopic (exact) mass is 269 g/mol. The minimum atomic E-state index is -0.378. The van der Waals surface area contributed by atoms with E-state index >= 15 is 0 Å². The van der Waals surface area contributed by atoms with Crippen molar-refractivity contribution in [3.05, 3.63) is 11.1 Å². The fraction of sp³-hybridized carbons (Fsp3) is 0.545. The van der Waals surface area contributed by atoms with Crippen molar-refractivity contribution in [3.8, 4) is 0 Å². The zero-order valence-electron chi connectivity index (χ0n) is 10.3. The van der Waals surface area contributed by atoms with Gasteiger partial charge in [-0.25, -0.2) is 9.78 Å². The topological polar surface area (TPSA) is 71.5 Å². The second-order valence-corrected chi connectivity index (χ2v) is 5.21. The van der Waals surface area contributed by atoms with Gasteiger partial charge in [0.15, 0.2) is 5.13 Å². The summed E-state index contributed by atoms with van der Waals surface area (Å²) >= 11 is 1.26. The highest BCUT2D eigenvalue weighted by molar-refractivity contribution is 7.17. The maximum absolute atomic E-state index is 11.3. The van der Waals surface area contributed by atoms with Crippen LogP contribution in [0.5, 0.6) is 0 Å². The lowest BCUT2D eigenvalue weighted by molar-refractivity contribution is -0.132. The number of esters is 1. The molecule has 0 saturated carbocycles. The normalized spacial score (nSPS) is 19.8. The average molecular weight is 269 g/mol. The van der Waals surface area contributed by atoms with E-state index in [-0.39, 0.29) is 17.9 Å². The SMILES string of the molecule is COC(=O)c1cnc(NC2CCC(=O)N(C)C2)s1. The molecule has 18 heavy (non-hydrogen) atoms. The Kier molecular flexibility index (Phi) is 3.81. The molecule has 1 aromatic rings. The fourth-order valence-electron chi connectivity index (χ4n) is 1.84. The van der Waals surface area contributed by atoms with E-state index in [0.717, 1.165) is 6.42 Å². The number of ether oxygens (including phenoxy) is 1. The van der Waals surface area contributed by atoms with E-state index in [1.165, 1.54) is 24.6 Å². The fourth-order valence-corrected chi connectivity index (χ4v) is 2.65. The Labute approximate surface area is 109 Å². The lowest BCUT2D eigenvalue weighted by Crippen LogP contribution is -2.43. The molecule has 0 aliphatic carbocycles. The number of methoxy groups -OCH3 is 1. The van der Waals surface area contributed by atoms with E-state index in [0.29, 0.717) is 23.0 Å². The van der Waals surface area contributed by atoms with Gasteiger partial charge < -0.3 is 15.0 Å². The first-order valence-electron chi connectivity index (χ1n) is 5.65. The standard InChI is InChI=1S/C11H15N3O3S/c1-14-6-7(3-4-9(14)15)13-11-12-5-8(18-11)10(16)17-2/h5,7H,3-4,6H2,1-2H3,(H,12,13). The Bertz CT molecular complexity index is 460. The largest absolute Gasteiger partial charge is 0.465 e. The number of amides is 1. The van der Waals surface area contributed by atoms with Gasteiger partial charge in [-0.05, 0) is 6.42 Å². The molecule has 6 nitrogen and oxygen atoms in total. The maximum atomic E-state index is 11.3. The number of nitrogens with one attached hydrogen (secondary N) is 1. The Morgan fingerprint density at radius 1 is 1.67 bits per heavy atom. The van der Waals surface area contributed by atoms with Crippen LogP contribution in [-0.2, 0) is 9.53 Å². The van der Waals surface area contributed by atoms with Gasteiger partial charge in [0.05, 0.1) is 13.3 Å². The molecule has 2 heterocycles. The van der Waals surface area contributed by atoms with Crippen LogP contribution in [0, 0.1) is 0 Å². The highest BCUT2D eigenvalue weighted by Gasteiger charge is 2.23. The third-order valence-electron chi connectivity index (χ3n) is 2.85. The third-order valence-corrected chi connectivity index (χ3v) is 3.76. The number of carbonyl (C=O) groups excluding carboxylic acids is 2. The van der Waals surface area contributed by atoms with E-state index < -0.39 is 0 Å². The van der Waals surface area contributed by atoms with E-state index in [4.69, 9.17) is 0 Å². The van der Waals surface area contributed by atoms with Crippen molar-refractivity contribution in [1.29, 1.82) is 0 Å². The number of hydrogen-bond donors (Lipinski definition) is 1. The van der Waals surface area contributed by atoms with E-state index in [2.05, 4.69) is 15.0 Å². The minimum Gasteiger partial charge on any atom is -0.465 e. The van der Waals surface area contributed by atoms with Gasteiger partial charge in [0.1, 0.15) is 4.88 Å². The summed E-state index contributed by atoms with van der Waals surface area (Å²) in [6, 6.07) is 0.185. The molecule has 98 valence electrons. The molecule has 1 unspecified atom stereocenters. The molecule has 1 aliphatic rings. The lowest BCUT2D eigenvalue weighted by atomic mass is 10.1. The highest BCUT2D eigenvalue weighted by atomic mass is 32.1. The molecule has 1 saturated heterocycles. The Hall–Kier alpha value is -1.63. The molecule has 0 spiro atoms. The molecule has 1 aliphatic heterocycles. The van der Waals surface area contributed by atoms with Crippen molar-refractivity contribution in [2.45, 2.75) is 18.9 Å². The molecule has 1 atom stereocenters. The number of thiazole rings is 1. The molecular weight excluding hydrogens is 254 g/mol. The van der Waals surface area contributed by atoms with Gasteiger partial charge in [-0.1, -0.05) is 11.3 Å². The number of carbonyl (C=O) groups is 2. The van der Waals surface area contributed by atoms with Crippen molar-refractivity contribution in [3.63, 3.8) is 0 Å². The molecule has 1 aromatic heterocycles. The van der Waals surface area contributed by atoms with Crippen molar-refractivity contribution >= 4 is 28.3 Å². The highest BCUT2D eigenvalue weighted by Crippen LogP contribution is 2.22. The molecule has 1 N–H and O–H groups in total. The first-order valence-corrected chi connectivity index (χ1v) is 6.46. The first kappa shape index (κ1) is 12.8. The van der Waals surface area contributed by atoms with Crippen molar-refractivity contribution < 1.29 is 14.3 Å². The number of hydrogen-bond acceptors (Lipinski definition) is 6. The van der Waals surface area contributed by atoms with E-state index in [9.17, 15) is 9.59 Å². The molecule has 0 radical (unpaired) electrons. The van der Waals surface area contributed by atoms with Gasteiger partial charge in [-0.3, -0.25) is 4.79 Å². The zero-order valence-corrected chi connectivity index (χ0v) is 11.1. The minimum absolute atomic E-state index is 0.169. The van der Waals surface area contributed by atoms with Crippen LogP contribution < -0.4 is 5.32 Å². The smallest absolute Gasteiger partial charge is 0.349 e. The molecule has 0 aromatic carbocycles. The predicted molar refractivity (Wildman–Crippen MR) is 67.7 cm³/mol. The van der Waals surface area contributed by atoms with Gasteiger partial charge in [0.2, 0.25) is 5.91 Å². The van der Waals surface area contributed by atoms with Gasteiger partial charge in [-0.15, -0.1) is 0 Å². The number of piperidine rings is 1. The van der Waals surface area contributed by atoms with Crippen molar-refractivity contribution in [1.82, 2.24) is 9.88 Å². The predicted octanol–water partition coefficient (Wildman–Crippen LogP) is 0.962. The lowest BCUT2D eigenvalue weighted by Gasteiger charge is -2.29. The maximum Gasteiger partial charge on any atom is 0.349 e. The summed E-state index contributed by atoms with van der Waals surface area (Å²) in [6.07, 6.45) is 2.83. The van der Waals surface area contributed by atoms with Crippen LogP contribution in [0.2, 0.25) is 0 Å². The van der Waals surface area contributed by atoms with Gasteiger partial charge in [0, 0.05) is 26.1 Å².